The molecule has 19 heavy (non-hydrogen) atoms. The molecule has 0 amide bonds. The molecule has 0 aliphatic heterocycles. The standard InChI is InChI=1S/C14H21F3N2/c1-3-8-19(10-14(15,16)17)9-13(18)12-7-5-4-6-11(12)2/h4-7,13H,3,8-10,18H2,1-2H3. The van der Waals surface area contributed by atoms with E-state index in [9.17, 15) is 13.2 Å². The average molecular weight is 274 g/mol. The van der Waals surface area contributed by atoms with Crippen LogP contribution in [-0.4, -0.2) is 30.7 Å². The fourth-order valence-electron chi connectivity index (χ4n) is 2.18. The van der Waals surface area contributed by atoms with E-state index in [0.29, 0.717) is 13.0 Å². The third-order valence-corrected chi connectivity index (χ3v) is 2.99. The Labute approximate surface area is 112 Å². The molecule has 0 saturated carbocycles. The molecule has 0 heterocycles. The lowest BCUT2D eigenvalue weighted by Crippen LogP contribution is -2.39. The van der Waals surface area contributed by atoms with Crippen molar-refractivity contribution in [2.45, 2.75) is 32.5 Å². The van der Waals surface area contributed by atoms with Gasteiger partial charge in [0.25, 0.3) is 0 Å². The summed E-state index contributed by atoms with van der Waals surface area (Å²) in [5.41, 5.74) is 7.96. The molecule has 0 saturated heterocycles. The summed E-state index contributed by atoms with van der Waals surface area (Å²) in [7, 11) is 0. The molecule has 0 spiro atoms. The summed E-state index contributed by atoms with van der Waals surface area (Å²) in [6.07, 6.45) is -3.50. The first-order valence-corrected chi connectivity index (χ1v) is 6.43. The maximum absolute atomic E-state index is 12.5. The number of alkyl halides is 3. The van der Waals surface area contributed by atoms with E-state index in [-0.39, 0.29) is 6.54 Å². The summed E-state index contributed by atoms with van der Waals surface area (Å²) >= 11 is 0. The van der Waals surface area contributed by atoms with Crippen molar-refractivity contribution >= 4 is 0 Å². The Morgan fingerprint density at radius 3 is 2.42 bits per heavy atom. The fourth-order valence-corrected chi connectivity index (χ4v) is 2.18. The lowest BCUT2D eigenvalue weighted by Gasteiger charge is -2.27. The molecule has 1 rings (SSSR count). The Morgan fingerprint density at radius 1 is 1.26 bits per heavy atom. The number of halogens is 3. The Morgan fingerprint density at radius 2 is 1.89 bits per heavy atom. The number of nitrogens with two attached hydrogens (primary N) is 1. The minimum Gasteiger partial charge on any atom is -0.323 e. The van der Waals surface area contributed by atoms with Crippen LogP contribution in [0.15, 0.2) is 24.3 Å². The average Bonchev–Trinajstić information content (AvgIpc) is 2.27. The molecule has 1 atom stereocenters. The number of hydrogen-bond donors (Lipinski definition) is 1. The van der Waals surface area contributed by atoms with Crippen molar-refractivity contribution in [3.63, 3.8) is 0 Å². The van der Waals surface area contributed by atoms with Crippen molar-refractivity contribution < 1.29 is 13.2 Å². The molecule has 1 aromatic carbocycles. The second kappa shape index (κ2) is 6.91. The van der Waals surface area contributed by atoms with Gasteiger partial charge in [-0.1, -0.05) is 31.2 Å². The molecule has 1 unspecified atom stereocenters. The van der Waals surface area contributed by atoms with E-state index in [1.807, 2.05) is 38.1 Å². The van der Waals surface area contributed by atoms with Gasteiger partial charge in [-0.3, -0.25) is 4.90 Å². The van der Waals surface area contributed by atoms with Gasteiger partial charge in [0.1, 0.15) is 0 Å². The highest BCUT2D eigenvalue weighted by molar-refractivity contribution is 5.28. The molecule has 2 N–H and O–H groups in total. The monoisotopic (exact) mass is 274 g/mol. The zero-order valence-corrected chi connectivity index (χ0v) is 11.4. The summed E-state index contributed by atoms with van der Waals surface area (Å²) in [6, 6.07) is 7.15. The molecule has 0 radical (unpaired) electrons. The van der Waals surface area contributed by atoms with Crippen molar-refractivity contribution in [3.8, 4) is 0 Å². The van der Waals surface area contributed by atoms with Crippen LogP contribution in [0.4, 0.5) is 13.2 Å². The van der Waals surface area contributed by atoms with E-state index in [0.717, 1.165) is 11.1 Å². The Kier molecular flexibility index (Phi) is 5.82. The van der Waals surface area contributed by atoms with Crippen LogP contribution < -0.4 is 5.73 Å². The Bertz CT molecular complexity index is 391. The van der Waals surface area contributed by atoms with E-state index in [4.69, 9.17) is 5.73 Å². The minimum absolute atomic E-state index is 0.220. The molecular weight excluding hydrogens is 253 g/mol. The molecule has 0 aliphatic rings. The van der Waals surface area contributed by atoms with Gasteiger partial charge in [0.2, 0.25) is 0 Å². The van der Waals surface area contributed by atoms with Gasteiger partial charge < -0.3 is 5.73 Å². The van der Waals surface area contributed by atoms with Gasteiger partial charge in [-0.25, -0.2) is 0 Å². The molecule has 108 valence electrons. The molecule has 0 aromatic heterocycles. The van der Waals surface area contributed by atoms with Crippen molar-refractivity contribution in [2.75, 3.05) is 19.6 Å². The predicted molar refractivity (Wildman–Crippen MR) is 70.9 cm³/mol. The van der Waals surface area contributed by atoms with E-state index in [1.54, 1.807) is 0 Å². The van der Waals surface area contributed by atoms with Crippen LogP contribution in [0.2, 0.25) is 0 Å². The smallest absolute Gasteiger partial charge is 0.323 e. The van der Waals surface area contributed by atoms with Crippen LogP contribution in [-0.2, 0) is 0 Å². The summed E-state index contributed by atoms with van der Waals surface area (Å²) in [5, 5.41) is 0. The first kappa shape index (κ1) is 16.0. The normalized spacial score (nSPS) is 13.8. The second-order valence-electron chi connectivity index (χ2n) is 4.81. The molecule has 0 fully saturated rings. The van der Waals surface area contributed by atoms with E-state index < -0.39 is 18.8 Å². The lowest BCUT2D eigenvalue weighted by atomic mass is 10.0. The largest absolute Gasteiger partial charge is 0.401 e. The van der Waals surface area contributed by atoms with E-state index in [1.165, 1.54) is 4.90 Å². The van der Waals surface area contributed by atoms with E-state index in [2.05, 4.69) is 0 Å². The van der Waals surface area contributed by atoms with Crippen LogP contribution in [0, 0.1) is 6.92 Å². The van der Waals surface area contributed by atoms with Crippen molar-refractivity contribution in [2.24, 2.45) is 5.73 Å². The molecular formula is C14H21F3N2. The number of nitrogens with zero attached hydrogens (tertiary/aromatic N) is 1. The Balaban J connectivity index is 2.71. The maximum atomic E-state index is 12.5. The van der Waals surface area contributed by atoms with Gasteiger partial charge in [-0.15, -0.1) is 0 Å². The summed E-state index contributed by atoms with van der Waals surface area (Å²) in [4.78, 5) is 1.37. The zero-order valence-electron chi connectivity index (χ0n) is 11.4. The quantitative estimate of drug-likeness (QED) is 0.862. The second-order valence-corrected chi connectivity index (χ2v) is 4.81. The summed E-state index contributed by atoms with van der Waals surface area (Å²) in [6.45, 7) is 3.50. The number of aryl methyl sites for hydroxylation is 1. The van der Waals surface area contributed by atoms with Crippen LogP contribution in [0.25, 0.3) is 0 Å². The van der Waals surface area contributed by atoms with Crippen LogP contribution in [0.3, 0.4) is 0 Å². The molecule has 1 aromatic rings. The van der Waals surface area contributed by atoms with Gasteiger partial charge >= 0.3 is 6.18 Å². The predicted octanol–water partition coefficient (Wildman–Crippen LogP) is 3.27. The topological polar surface area (TPSA) is 29.3 Å². The molecule has 5 heteroatoms. The van der Waals surface area contributed by atoms with Gasteiger partial charge in [0, 0.05) is 12.6 Å². The summed E-state index contributed by atoms with van der Waals surface area (Å²) in [5.74, 6) is 0. The minimum atomic E-state index is -4.18. The SMILES string of the molecule is CCCN(CC(N)c1ccccc1C)CC(F)(F)F. The molecule has 2 nitrogen and oxygen atoms in total. The maximum Gasteiger partial charge on any atom is 0.401 e. The highest BCUT2D eigenvalue weighted by Gasteiger charge is 2.31. The third kappa shape index (κ3) is 5.61. The number of rotatable bonds is 6. The van der Waals surface area contributed by atoms with Gasteiger partial charge in [0.05, 0.1) is 6.54 Å². The van der Waals surface area contributed by atoms with Gasteiger partial charge in [-0.05, 0) is 31.0 Å². The first-order chi connectivity index (χ1) is 8.83. The lowest BCUT2D eigenvalue weighted by molar-refractivity contribution is -0.146. The van der Waals surface area contributed by atoms with Crippen LogP contribution in [0.5, 0.6) is 0 Å². The molecule has 0 bridgehead atoms. The first-order valence-electron chi connectivity index (χ1n) is 6.43. The fraction of sp³-hybridized carbons (Fsp3) is 0.571. The van der Waals surface area contributed by atoms with Crippen LogP contribution in [0.1, 0.15) is 30.5 Å². The zero-order chi connectivity index (χ0) is 14.5. The molecule has 0 aliphatic carbocycles. The van der Waals surface area contributed by atoms with Crippen molar-refractivity contribution in [1.29, 1.82) is 0 Å². The number of benzene rings is 1. The summed E-state index contributed by atoms with van der Waals surface area (Å²) < 4.78 is 37.4. The van der Waals surface area contributed by atoms with Gasteiger partial charge in [-0.2, -0.15) is 13.2 Å². The van der Waals surface area contributed by atoms with Crippen LogP contribution >= 0.6 is 0 Å². The van der Waals surface area contributed by atoms with Crippen molar-refractivity contribution in [1.82, 2.24) is 4.90 Å². The highest BCUT2D eigenvalue weighted by atomic mass is 19.4. The van der Waals surface area contributed by atoms with Crippen molar-refractivity contribution in [3.05, 3.63) is 35.4 Å². The Hall–Kier alpha value is -1.07. The van der Waals surface area contributed by atoms with E-state index >= 15 is 0 Å². The third-order valence-electron chi connectivity index (χ3n) is 2.99. The van der Waals surface area contributed by atoms with Gasteiger partial charge in [0.15, 0.2) is 0 Å². The number of hydrogen-bond acceptors (Lipinski definition) is 2. The highest BCUT2D eigenvalue weighted by Crippen LogP contribution is 2.20.